The molecular weight excluding hydrogens is 390 g/mol. The number of fused-ring (bicyclic) bond motifs is 1. The maximum Gasteiger partial charge on any atom is 0.256 e. The van der Waals surface area contributed by atoms with Gasteiger partial charge in [-0.1, -0.05) is 6.42 Å². The number of amides is 1. The van der Waals surface area contributed by atoms with E-state index in [2.05, 4.69) is 14.9 Å². The van der Waals surface area contributed by atoms with Crippen LogP contribution in [0.25, 0.3) is 11.1 Å². The highest BCUT2D eigenvalue weighted by atomic mass is 16.2. The Morgan fingerprint density at radius 1 is 0.903 bits per heavy atom. The van der Waals surface area contributed by atoms with E-state index in [-0.39, 0.29) is 11.5 Å². The van der Waals surface area contributed by atoms with E-state index in [4.69, 9.17) is 0 Å². The minimum absolute atomic E-state index is 0.0334. The van der Waals surface area contributed by atoms with Crippen LogP contribution in [0.2, 0.25) is 0 Å². The predicted octanol–water partition coefficient (Wildman–Crippen LogP) is 2.73. The Bertz CT molecular complexity index is 989. The Morgan fingerprint density at radius 2 is 1.61 bits per heavy atom. The number of rotatable bonds is 3. The second kappa shape index (κ2) is 8.91. The number of carbonyl (C=O) groups is 1. The number of carbonyl (C=O) groups excluding carboxylic acids is 1. The van der Waals surface area contributed by atoms with Crippen LogP contribution >= 0.6 is 0 Å². The molecule has 0 N–H and O–H groups in total. The van der Waals surface area contributed by atoms with Gasteiger partial charge < -0.3 is 14.4 Å². The summed E-state index contributed by atoms with van der Waals surface area (Å²) in [6.45, 7) is 4.65. The summed E-state index contributed by atoms with van der Waals surface area (Å²) in [5.74, 6) is 0.0570. The van der Waals surface area contributed by atoms with E-state index in [0.29, 0.717) is 23.7 Å². The third kappa shape index (κ3) is 4.03. The molecule has 7 nitrogen and oxygen atoms in total. The molecule has 3 aliphatic rings. The van der Waals surface area contributed by atoms with Crippen LogP contribution in [0.5, 0.6) is 0 Å². The molecule has 2 aromatic heterocycles. The Morgan fingerprint density at radius 3 is 2.35 bits per heavy atom. The predicted molar refractivity (Wildman–Crippen MR) is 119 cm³/mol. The SMILES string of the molecule is O=C(c1c(-c2cncnc2)cc(=O)n2c1CCCC2)N1CCC(N2CCCCC2)CC1. The van der Waals surface area contributed by atoms with Gasteiger partial charge in [0.1, 0.15) is 6.33 Å². The molecule has 0 unspecified atom stereocenters. The molecule has 3 aliphatic heterocycles. The molecule has 0 aliphatic carbocycles. The molecule has 0 saturated carbocycles. The van der Waals surface area contributed by atoms with E-state index in [1.165, 1.54) is 38.7 Å². The lowest BCUT2D eigenvalue weighted by atomic mass is 9.93. The van der Waals surface area contributed by atoms with Crippen molar-refractivity contribution in [2.24, 2.45) is 0 Å². The maximum atomic E-state index is 13.8. The van der Waals surface area contributed by atoms with Crippen molar-refractivity contribution < 1.29 is 4.79 Å². The van der Waals surface area contributed by atoms with Gasteiger partial charge in [-0.15, -0.1) is 0 Å². The molecular formula is C24H31N5O2. The molecule has 2 aromatic rings. The van der Waals surface area contributed by atoms with Crippen LogP contribution in [0, 0.1) is 0 Å². The first-order valence-corrected chi connectivity index (χ1v) is 11.8. The maximum absolute atomic E-state index is 13.8. The van der Waals surface area contributed by atoms with Gasteiger partial charge in [0.15, 0.2) is 0 Å². The van der Waals surface area contributed by atoms with Gasteiger partial charge in [-0.05, 0) is 58.0 Å². The molecule has 0 spiro atoms. The summed E-state index contributed by atoms with van der Waals surface area (Å²) in [5.41, 5.74) is 2.96. The Balaban J connectivity index is 1.45. The number of hydrogen-bond donors (Lipinski definition) is 0. The zero-order valence-corrected chi connectivity index (χ0v) is 18.1. The van der Waals surface area contributed by atoms with Crippen LogP contribution in [0.1, 0.15) is 61.0 Å². The largest absolute Gasteiger partial charge is 0.338 e. The van der Waals surface area contributed by atoms with Gasteiger partial charge in [0.05, 0.1) is 5.56 Å². The first-order chi connectivity index (χ1) is 15.2. The van der Waals surface area contributed by atoms with Crippen molar-refractivity contribution in [2.75, 3.05) is 26.2 Å². The minimum atomic E-state index is -0.0334. The van der Waals surface area contributed by atoms with E-state index >= 15 is 0 Å². The summed E-state index contributed by atoms with van der Waals surface area (Å²) in [5, 5.41) is 0. The van der Waals surface area contributed by atoms with Crippen LogP contribution in [0.15, 0.2) is 29.6 Å². The van der Waals surface area contributed by atoms with Crippen molar-refractivity contribution in [1.82, 2.24) is 24.3 Å². The summed E-state index contributed by atoms with van der Waals surface area (Å²) in [4.78, 5) is 39.5. The highest BCUT2D eigenvalue weighted by Gasteiger charge is 2.31. The molecule has 164 valence electrons. The van der Waals surface area contributed by atoms with Crippen molar-refractivity contribution in [2.45, 2.75) is 64.0 Å². The fourth-order valence-corrected chi connectivity index (χ4v) is 5.54. The summed E-state index contributed by atoms with van der Waals surface area (Å²) in [7, 11) is 0. The van der Waals surface area contributed by atoms with Crippen molar-refractivity contribution in [1.29, 1.82) is 0 Å². The topological polar surface area (TPSA) is 71.3 Å². The number of aromatic nitrogens is 3. The standard InChI is InChI=1S/C24H31N5O2/c30-22-14-20(18-15-25-17-26-16-18)23(21-6-2-5-11-29(21)22)24(31)28-12-7-19(8-13-28)27-9-3-1-4-10-27/h14-17,19H,1-13H2. The highest BCUT2D eigenvalue weighted by Crippen LogP contribution is 2.30. The van der Waals surface area contributed by atoms with Gasteiger partial charge in [-0.25, -0.2) is 9.97 Å². The average Bonchev–Trinajstić information content (AvgIpc) is 2.85. The van der Waals surface area contributed by atoms with Crippen molar-refractivity contribution >= 4 is 5.91 Å². The zero-order valence-electron chi connectivity index (χ0n) is 18.1. The van der Waals surface area contributed by atoms with Gasteiger partial charge in [-0.3, -0.25) is 9.59 Å². The lowest BCUT2D eigenvalue weighted by Gasteiger charge is -2.40. The fraction of sp³-hybridized carbons (Fsp3) is 0.583. The molecule has 0 radical (unpaired) electrons. The Labute approximate surface area is 183 Å². The molecule has 2 saturated heterocycles. The summed E-state index contributed by atoms with van der Waals surface area (Å²) in [6.07, 6.45) is 13.6. The van der Waals surface area contributed by atoms with E-state index in [1.807, 2.05) is 9.47 Å². The molecule has 1 amide bonds. The summed E-state index contributed by atoms with van der Waals surface area (Å²) >= 11 is 0. The quantitative estimate of drug-likeness (QED) is 0.762. The van der Waals surface area contributed by atoms with E-state index in [9.17, 15) is 9.59 Å². The minimum Gasteiger partial charge on any atom is -0.338 e. The van der Waals surface area contributed by atoms with E-state index < -0.39 is 0 Å². The molecule has 5 rings (SSSR count). The van der Waals surface area contributed by atoms with Crippen molar-refractivity contribution in [3.05, 3.63) is 46.4 Å². The van der Waals surface area contributed by atoms with E-state index in [0.717, 1.165) is 56.5 Å². The van der Waals surface area contributed by atoms with E-state index in [1.54, 1.807) is 18.5 Å². The fourth-order valence-electron chi connectivity index (χ4n) is 5.54. The smallest absolute Gasteiger partial charge is 0.256 e. The average molecular weight is 422 g/mol. The second-order valence-corrected chi connectivity index (χ2v) is 9.07. The Kier molecular flexibility index (Phi) is 5.85. The van der Waals surface area contributed by atoms with Gasteiger partial charge in [0.25, 0.3) is 11.5 Å². The Hall–Kier alpha value is -2.54. The third-order valence-electron chi connectivity index (χ3n) is 7.21. The summed E-state index contributed by atoms with van der Waals surface area (Å²) in [6, 6.07) is 2.21. The van der Waals surface area contributed by atoms with Crippen LogP contribution < -0.4 is 5.56 Å². The van der Waals surface area contributed by atoms with Crippen molar-refractivity contribution in [3.8, 4) is 11.1 Å². The lowest BCUT2D eigenvalue weighted by Crippen LogP contribution is -2.48. The van der Waals surface area contributed by atoms with Gasteiger partial charge in [0.2, 0.25) is 0 Å². The number of nitrogens with zero attached hydrogens (tertiary/aromatic N) is 5. The monoisotopic (exact) mass is 421 g/mol. The molecule has 0 aromatic carbocycles. The van der Waals surface area contributed by atoms with Gasteiger partial charge in [0, 0.05) is 61.0 Å². The highest BCUT2D eigenvalue weighted by molar-refractivity contribution is 6.02. The van der Waals surface area contributed by atoms with Crippen molar-refractivity contribution in [3.63, 3.8) is 0 Å². The molecule has 31 heavy (non-hydrogen) atoms. The molecule has 7 heteroatoms. The molecule has 0 bridgehead atoms. The zero-order chi connectivity index (χ0) is 21.2. The van der Waals surface area contributed by atoms with Crippen LogP contribution in [-0.2, 0) is 13.0 Å². The second-order valence-electron chi connectivity index (χ2n) is 9.07. The first-order valence-electron chi connectivity index (χ1n) is 11.8. The van der Waals surface area contributed by atoms with Gasteiger partial charge >= 0.3 is 0 Å². The number of pyridine rings is 1. The van der Waals surface area contributed by atoms with Crippen LogP contribution in [-0.4, -0.2) is 62.5 Å². The number of likely N-dealkylation sites (tertiary alicyclic amines) is 2. The lowest BCUT2D eigenvalue weighted by molar-refractivity contribution is 0.0588. The van der Waals surface area contributed by atoms with Crippen LogP contribution in [0.3, 0.4) is 0 Å². The normalized spacial score (nSPS) is 20.5. The van der Waals surface area contributed by atoms with Gasteiger partial charge in [-0.2, -0.15) is 0 Å². The van der Waals surface area contributed by atoms with Crippen LogP contribution in [0.4, 0.5) is 0 Å². The first kappa shape index (κ1) is 20.4. The molecule has 0 atom stereocenters. The molecule has 2 fully saturated rings. The number of piperidine rings is 2. The third-order valence-corrected chi connectivity index (χ3v) is 7.21. The summed E-state index contributed by atoms with van der Waals surface area (Å²) < 4.78 is 1.81. The number of hydrogen-bond acceptors (Lipinski definition) is 5. The molecule has 5 heterocycles.